The Balaban J connectivity index is 1.30. The van der Waals surface area contributed by atoms with Crippen molar-refractivity contribution in [3.63, 3.8) is 0 Å². The molecule has 3 heterocycles. The first-order valence-electron chi connectivity index (χ1n) is 11.7. The quantitative estimate of drug-likeness (QED) is 0.405. The first kappa shape index (κ1) is 23.2. The zero-order chi connectivity index (χ0) is 24.4. The van der Waals surface area contributed by atoms with Crippen molar-refractivity contribution in [1.29, 1.82) is 0 Å². The molecule has 0 spiro atoms. The fraction of sp³-hybridized carbons (Fsp3) is 0.346. The van der Waals surface area contributed by atoms with Gasteiger partial charge >= 0.3 is 0 Å². The van der Waals surface area contributed by atoms with Crippen LogP contribution in [0.3, 0.4) is 0 Å². The van der Waals surface area contributed by atoms with E-state index in [2.05, 4.69) is 4.90 Å². The van der Waals surface area contributed by atoms with Crippen LogP contribution in [0.15, 0.2) is 48.5 Å². The van der Waals surface area contributed by atoms with Crippen LogP contribution in [-0.2, 0) is 11.2 Å². The van der Waals surface area contributed by atoms with E-state index in [1.165, 1.54) is 0 Å². The Morgan fingerprint density at radius 1 is 1.00 bits per heavy atom. The molecule has 0 radical (unpaired) electrons. The summed E-state index contributed by atoms with van der Waals surface area (Å²) in [6.07, 6.45) is 1.29. The number of rotatable bonds is 6. The Hall–Kier alpha value is -3.59. The first-order valence-corrected chi connectivity index (χ1v) is 12.5. The smallest absolute Gasteiger partial charge is 0.227 e. The lowest BCUT2D eigenvalue weighted by atomic mass is 10.1. The molecular weight excluding hydrogens is 462 g/mol. The molecule has 1 amide bonds. The average molecular weight is 492 g/mol. The molecule has 9 heteroatoms. The number of thiazole rings is 1. The van der Waals surface area contributed by atoms with E-state index in [4.69, 9.17) is 19.6 Å². The van der Waals surface area contributed by atoms with Gasteiger partial charge in [-0.15, -0.1) is 0 Å². The van der Waals surface area contributed by atoms with Crippen molar-refractivity contribution < 1.29 is 14.3 Å². The highest BCUT2D eigenvalue weighted by molar-refractivity contribution is 7.22. The van der Waals surface area contributed by atoms with Gasteiger partial charge in [0, 0.05) is 26.2 Å². The number of ether oxygens (including phenoxy) is 2. The van der Waals surface area contributed by atoms with Gasteiger partial charge in [0.1, 0.15) is 11.5 Å². The molecule has 35 heavy (non-hydrogen) atoms. The maximum Gasteiger partial charge on any atom is 0.227 e. The number of anilines is 1. The molecule has 4 aromatic rings. The van der Waals surface area contributed by atoms with E-state index in [1.807, 2.05) is 65.0 Å². The lowest BCUT2D eigenvalue weighted by Crippen LogP contribution is -2.36. The summed E-state index contributed by atoms with van der Waals surface area (Å²) in [4.78, 5) is 22.2. The standard InChI is InChI=1S/C26H29N5O3S/c1-18-24-25(31(28-18)20-8-10-21(33-2)11-9-20)27-26(35-24)30-13-5-12-29(14-15-30)23(32)17-19-6-4-7-22(16-19)34-3/h4,6-11,16H,5,12-15,17H2,1-3H3. The second-order valence-corrected chi connectivity index (χ2v) is 9.57. The molecule has 0 aliphatic carbocycles. The van der Waals surface area contributed by atoms with Gasteiger partial charge < -0.3 is 19.3 Å². The van der Waals surface area contributed by atoms with Crippen molar-refractivity contribution >= 4 is 32.7 Å². The number of methoxy groups -OCH3 is 2. The van der Waals surface area contributed by atoms with Gasteiger partial charge in [0.2, 0.25) is 5.91 Å². The Morgan fingerprint density at radius 2 is 1.80 bits per heavy atom. The van der Waals surface area contributed by atoms with E-state index in [0.29, 0.717) is 13.0 Å². The van der Waals surface area contributed by atoms with E-state index in [0.717, 1.165) is 70.0 Å². The Bertz CT molecular complexity index is 1330. The van der Waals surface area contributed by atoms with Crippen molar-refractivity contribution in [2.45, 2.75) is 19.8 Å². The van der Waals surface area contributed by atoms with Crippen LogP contribution in [0.4, 0.5) is 5.13 Å². The topological polar surface area (TPSA) is 72.7 Å². The third kappa shape index (κ3) is 4.81. The van der Waals surface area contributed by atoms with Gasteiger partial charge in [-0.1, -0.05) is 23.5 Å². The summed E-state index contributed by atoms with van der Waals surface area (Å²) in [5.74, 6) is 1.73. The largest absolute Gasteiger partial charge is 0.497 e. The molecule has 2 aromatic heterocycles. The summed E-state index contributed by atoms with van der Waals surface area (Å²) >= 11 is 1.67. The first-order chi connectivity index (χ1) is 17.1. The summed E-state index contributed by atoms with van der Waals surface area (Å²) in [7, 11) is 3.30. The fourth-order valence-electron chi connectivity index (χ4n) is 4.39. The summed E-state index contributed by atoms with van der Waals surface area (Å²) < 4.78 is 13.6. The lowest BCUT2D eigenvalue weighted by molar-refractivity contribution is -0.130. The minimum atomic E-state index is 0.149. The molecule has 0 unspecified atom stereocenters. The van der Waals surface area contributed by atoms with Gasteiger partial charge in [-0.05, 0) is 55.3 Å². The lowest BCUT2D eigenvalue weighted by Gasteiger charge is -2.22. The minimum absolute atomic E-state index is 0.149. The molecule has 2 aromatic carbocycles. The molecule has 0 saturated carbocycles. The Labute approximate surface area is 208 Å². The van der Waals surface area contributed by atoms with Gasteiger partial charge in [-0.2, -0.15) is 10.1 Å². The Kier molecular flexibility index (Phi) is 6.59. The van der Waals surface area contributed by atoms with Gasteiger partial charge in [-0.25, -0.2) is 4.68 Å². The van der Waals surface area contributed by atoms with Crippen LogP contribution in [0.2, 0.25) is 0 Å². The number of aromatic nitrogens is 3. The second-order valence-electron chi connectivity index (χ2n) is 8.59. The summed E-state index contributed by atoms with van der Waals surface area (Å²) in [5, 5.41) is 5.69. The zero-order valence-corrected chi connectivity index (χ0v) is 21.0. The van der Waals surface area contributed by atoms with Crippen molar-refractivity contribution in [2.75, 3.05) is 45.3 Å². The summed E-state index contributed by atoms with van der Waals surface area (Å²) in [6, 6.07) is 15.6. The van der Waals surface area contributed by atoms with Crippen molar-refractivity contribution in [1.82, 2.24) is 19.7 Å². The van der Waals surface area contributed by atoms with Crippen LogP contribution in [0.5, 0.6) is 11.5 Å². The van der Waals surface area contributed by atoms with Crippen LogP contribution >= 0.6 is 11.3 Å². The number of carbonyl (C=O) groups is 1. The normalized spacial score (nSPS) is 14.3. The molecule has 0 atom stereocenters. The molecule has 182 valence electrons. The fourth-order valence-corrected chi connectivity index (χ4v) is 5.43. The molecule has 5 rings (SSSR count). The number of benzene rings is 2. The van der Waals surface area contributed by atoms with Crippen molar-refractivity contribution in [2.24, 2.45) is 0 Å². The van der Waals surface area contributed by atoms with E-state index < -0.39 is 0 Å². The Morgan fingerprint density at radius 3 is 2.57 bits per heavy atom. The average Bonchev–Trinajstić information content (AvgIpc) is 3.34. The predicted octanol–water partition coefficient (Wildman–Crippen LogP) is 4.09. The van der Waals surface area contributed by atoms with Crippen LogP contribution in [0.25, 0.3) is 16.0 Å². The number of nitrogens with zero attached hydrogens (tertiary/aromatic N) is 5. The van der Waals surface area contributed by atoms with Crippen molar-refractivity contribution in [3.8, 4) is 17.2 Å². The summed E-state index contributed by atoms with van der Waals surface area (Å²) in [5.41, 5.74) is 3.75. The maximum atomic E-state index is 13.0. The highest BCUT2D eigenvalue weighted by Crippen LogP contribution is 2.33. The van der Waals surface area contributed by atoms with E-state index in [-0.39, 0.29) is 5.91 Å². The van der Waals surface area contributed by atoms with Gasteiger partial charge in [0.25, 0.3) is 0 Å². The van der Waals surface area contributed by atoms with E-state index in [1.54, 1.807) is 25.6 Å². The van der Waals surface area contributed by atoms with Crippen molar-refractivity contribution in [3.05, 3.63) is 59.8 Å². The van der Waals surface area contributed by atoms with Gasteiger partial charge in [0.15, 0.2) is 10.8 Å². The molecule has 1 saturated heterocycles. The minimum Gasteiger partial charge on any atom is -0.497 e. The molecular formula is C26H29N5O3S. The van der Waals surface area contributed by atoms with Crippen LogP contribution in [-0.4, -0.2) is 66.0 Å². The van der Waals surface area contributed by atoms with Crippen LogP contribution in [0.1, 0.15) is 17.7 Å². The zero-order valence-electron chi connectivity index (χ0n) is 20.2. The second kappa shape index (κ2) is 9.95. The number of hydrogen-bond acceptors (Lipinski definition) is 7. The number of hydrogen-bond donors (Lipinski definition) is 0. The number of aryl methyl sites for hydroxylation is 1. The van der Waals surface area contributed by atoms with E-state index >= 15 is 0 Å². The third-order valence-electron chi connectivity index (χ3n) is 6.30. The molecule has 1 fully saturated rings. The molecule has 1 aliphatic rings. The molecule has 1 aliphatic heterocycles. The number of carbonyl (C=O) groups excluding carboxylic acids is 1. The van der Waals surface area contributed by atoms with Gasteiger partial charge in [-0.3, -0.25) is 4.79 Å². The monoisotopic (exact) mass is 491 g/mol. The number of amides is 1. The van der Waals surface area contributed by atoms with E-state index in [9.17, 15) is 4.79 Å². The number of fused-ring (bicyclic) bond motifs is 1. The molecule has 0 N–H and O–H groups in total. The highest BCUT2D eigenvalue weighted by atomic mass is 32.1. The SMILES string of the molecule is COc1ccc(-n2nc(C)c3sc(N4CCCN(C(=O)Cc5cccc(OC)c5)CC4)nc32)cc1. The van der Waals surface area contributed by atoms with Crippen LogP contribution < -0.4 is 14.4 Å². The van der Waals surface area contributed by atoms with Crippen LogP contribution in [0, 0.1) is 6.92 Å². The third-order valence-corrected chi connectivity index (χ3v) is 7.52. The highest BCUT2D eigenvalue weighted by Gasteiger charge is 2.23. The molecule has 8 nitrogen and oxygen atoms in total. The molecule has 0 bridgehead atoms. The van der Waals surface area contributed by atoms with Gasteiger partial charge in [0.05, 0.1) is 36.7 Å². The maximum absolute atomic E-state index is 13.0. The summed E-state index contributed by atoms with van der Waals surface area (Å²) in [6.45, 7) is 5.08. The predicted molar refractivity (Wildman–Crippen MR) is 138 cm³/mol.